The summed E-state index contributed by atoms with van der Waals surface area (Å²) in [4.78, 5) is 0. The van der Waals surface area contributed by atoms with E-state index in [1.165, 1.54) is 43.2 Å². The second-order valence-corrected chi connectivity index (χ2v) is 5.29. The fourth-order valence-corrected chi connectivity index (χ4v) is 2.16. The summed E-state index contributed by atoms with van der Waals surface area (Å²) in [5.74, 6) is 0. The highest BCUT2D eigenvalue weighted by Gasteiger charge is 2.21. The normalized spacial score (nSPS) is 20.2. The van der Waals surface area contributed by atoms with Gasteiger partial charge in [0.25, 0.3) is 0 Å². The van der Waals surface area contributed by atoms with E-state index in [4.69, 9.17) is 4.74 Å². The van der Waals surface area contributed by atoms with Crippen molar-refractivity contribution in [3.63, 3.8) is 0 Å². The molecule has 1 aromatic carbocycles. The summed E-state index contributed by atoms with van der Waals surface area (Å²) in [6.07, 6.45) is 7.07. The van der Waals surface area contributed by atoms with Crippen molar-refractivity contribution in [3.05, 3.63) is 35.4 Å². The second kappa shape index (κ2) is 5.19. The highest BCUT2D eigenvalue weighted by molar-refractivity contribution is 5.26. The second-order valence-electron chi connectivity index (χ2n) is 5.29. The Labute approximate surface area is 103 Å². The van der Waals surface area contributed by atoms with Gasteiger partial charge in [-0.05, 0) is 43.2 Å². The molecule has 0 saturated heterocycles. The molecule has 0 aliphatic heterocycles. The minimum atomic E-state index is 0.527. The number of nitrogens with one attached hydrogen (secondary N) is 1. The Bertz CT molecular complexity index is 369. The van der Waals surface area contributed by atoms with Crippen LogP contribution in [0.5, 0.6) is 0 Å². The van der Waals surface area contributed by atoms with Crippen molar-refractivity contribution in [2.75, 3.05) is 0 Å². The fraction of sp³-hybridized carbons (Fsp3) is 0.600. The number of benzene rings is 1. The predicted molar refractivity (Wildman–Crippen MR) is 68.7 cm³/mol. The zero-order chi connectivity index (χ0) is 11.5. The summed E-state index contributed by atoms with van der Waals surface area (Å²) in [5.41, 5.74) is 2.76. The molecule has 0 heterocycles. The van der Waals surface area contributed by atoms with Gasteiger partial charge in [0, 0.05) is 12.6 Å². The topological polar surface area (TPSA) is 21.3 Å². The summed E-state index contributed by atoms with van der Waals surface area (Å²) < 4.78 is 5.90. The van der Waals surface area contributed by atoms with Crippen LogP contribution < -0.4 is 5.32 Å². The minimum Gasteiger partial charge on any atom is -0.374 e. The standard InChI is InChI=1S/C15H21NO/c1-2-5-13(11-17-15-6-3-7-15)12(4-1)10-16-14-8-9-14/h1-2,4-5,14-16H,3,6-11H2. The third-order valence-corrected chi connectivity index (χ3v) is 3.80. The van der Waals surface area contributed by atoms with Gasteiger partial charge in [-0.2, -0.15) is 0 Å². The van der Waals surface area contributed by atoms with Crippen LogP contribution in [-0.2, 0) is 17.9 Å². The molecule has 2 fully saturated rings. The van der Waals surface area contributed by atoms with Gasteiger partial charge < -0.3 is 10.1 Å². The Morgan fingerprint density at radius 2 is 1.82 bits per heavy atom. The van der Waals surface area contributed by atoms with Gasteiger partial charge in [0.15, 0.2) is 0 Å². The molecule has 0 spiro atoms. The third kappa shape index (κ3) is 3.08. The van der Waals surface area contributed by atoms with Crippen molar-refractivity contribution < 1.29 is 4.74 Å². The lowest BCUT2D eigenvalue weighted by Crippen LogP contribution is -2.22. The Morgan fingerprint density at radius 1 is 1.06 bits per heavy atom. The van der Waals surface area contributed by atoms with E-state index >= 15 is 0 Å². The number of hydrogen-bond donors (Lipinski definition) is 1. The van der Waals surface area contributed by atoms with Gasteiger partial charge in [0.1, 0.15) is 0 Å². The highest BCUT2D eigenvalue weighted by Crippen LogP contribution is 2.24. The fourth-order valence-electron chi connectivity index (χ4n) is 2.16. The lowest BCUT2D eigenvalue weighted by atomic mass is 9.96. The van der Waals surface area contributed by atoms with E-state index in [0.29, 0.717) is 6.10 Å². The van der Waals surface area contributed by atoms with Gasteiger partial charge in [0.05, 0.1) is 12.7 Å². The summed E-state index contributed by atoms with van der Waals surface area (Å²) in [5, 5.41) is 3.57. The average Bonchev–Trinajstić information content (AvgIpc) is 3.09. The van der Waals surface area contributed by atoms with E-state index in [1.807, 2.05) is 0 Å². The molecular formula is C15H21NO. The Balaban J connectivity index is 1.55. The minimum absolute atomic E-state index is 0.527. The average molecular weight is 231 g/mol. The molecular weight excluding hydrogens is 210 g/mol. The summed E-state index contributed by atoms with van der Waals surface area (Å²) >= 11 is 0. The monoisotopic (exact) mass is 231 g/mol. The van der Waals surface area contributed by atoms with E-state index in [2.05, 4.69) is 29.6 Å². The zero-order valence-electron chi connectivity index (χ0n) is 10.3. The van der Waals surface area contributed by atoms with E-state index in [0.717, 1.165) is 19.2 Å². The molecule has 0 amide bonds. The molecule has 2 nitrogen and oxygen atoms in total. The molecule has 3 rings (SSSR count). The van der Waals surface area contributed by atoms with Crippen LogP contribution in [0.2, 0.25) is 0 Å². The lowest BCUT2D eigenvalue weighted by molar-refractivity contribution is -0.00896. The van der Waals surface area contributed by atoms with Crippen LogP contribution in [0.25, 0.3) is 0 Å². The first-order chi connectivity index (χ1) is 8.42. The van der Waals surface area contributed by atoms with Gasteiger partial charge in [-0.25, -0.2) is 0 Å². The van der Waals surface area contributed by atoms with Crippen LogP contribution in [0, 0.1) is 0 Å². The van der Waals surface area contributed by atoms with Crippen molar-refractivity contribution in [2.24, 2.45) is 0 Å². The number of rotatable bonds is 6. The molecule has 17 heavy (non-hydrogen) atoms. The number of ether oxygens (including phenoxy) is 1. The van der Waals surface area contributed by atoms with Crippen molar-refractivity contribution in [2.45, 2.75) is 57.4 Å². The van der Waals surface area contributed by atoms with Crippen molar-refractivity contribution in [3.8, 4) is 0 Å². The molecule has 0 aromatic heterocycles. The molecule has 2 heteroatoms. The van der Waals surface area contributed by atoms with E-state index in [1.54, 1.807) is 0 Å². The summed E-state index contributed by atoms with van der Waals surface area (Å²) in [6.45, 7) is 1.78. The molecule has 2 aliphatic rings. The molecule has 0 atom stereocenters. The molecule has 0 radical (unpaired) electrons. The molecule has 0 bridgehead atoms. The smallest absolute Gasteiger partial charge is 0.0723 e. The maximum Gasteiger partial charge on any atom is 0.0723 e. The first-order valence-corrected chi connectivity index (χ1v) is 6.83. The van der Waals surface area contributed by atoms with Gasteiger partial charge in [-0.3, -0.25) is 0 Å². The zero-order valence-corrected chi connectivity index (χ0v) is 10.3. The molecule has 1 N–H and O–H groups in total. The van der Waals surface area contributed by atoms with Gasteiger partial charge >= 0.3 is 0 Å². The molecule has 0 unspecified atom stereocenters. The van der Waals surface area contributed by atoms with Crippen molar-refractivity contribution >= 4 is 0 Å². The molecule has 1 aromatic rings. The van der Waals surface area contributed by atoms with Crippen LogP contribution in [0.15, 0.2) is 24.3 Å². The van der Waals surface area contributed by atoms with Crippen LogP contribution in [0.4, 0.5) is 0 Å². The van der Waals surface area contributed by atoms with Crippen molar-refractivity contribution in [1.29, 1.82) is 0 Å². The quantitative estimate of drug-likeness (QED) is 0.812. The molecule has 92 valence electrons. The Morgan fingerprint density at radius 3 is 2.47 bits per heavy atom. The van der Waals surface area contributed by atoms with Gasteiger partial charge in [-0.15, -0.1) is 0 Å². The van der Waals surface area contributed by atoms with Crippen LogP contribution in [0.1, 0.15) is 43.2 Å². The summed E-state index contributed by atoms with van der Waals surface area (Å²) in [7, 11) is 0. The first-order valence-electron chi connectivity index (χ1n) is 6.83. The predicted octanol–water partition coefficient (Wildman–Crippen LogP) is 3.01. The molecule has 2 aliphatic carbocycles. The SMILES string of the molecule is c1ccc(COC2CCC2)c(CNC2CC2)c1. The Hall–Kier alpha value is -0.860. The lowest BCUT2D eigenvalue weighted by Gasteiger charge is -2.26. The van der Waals surface area contributed by atoms with Gasteiger partial charge in [0.2, 0.25) is 0 Å². The third-order valence-electron chi connectivity index (χ3n) is 3.80. The largest absolute Gasteiger partial charge is 0.374 e. The maximum absolute atomic E-state index is 5.90. The van der Waals surface area contributed by atoms with Crippen molar-refractivity contribution in [1.82, 2.24) is 5.32 Å². The maximum atomic E-state index is 5.90. The Kier molecular flexibility index (Phi) is 3.44. The van der Waals surface area contributed by atoms with E-state index in [-0.39, 0.29) is 0 Å². The summed E-state index contributed by atoms with van der Waals surface area (Å²) in [6, 6.07) is 9.42. The van der Waals surface area contributed by atoms with Crippen LogP contribution in [0.3, 0.4) is 0 Å². The van der Waals surface area contributed by atoms with Crippen LogP contribution in [-0.4, -0.2) is 12.1 Å². The van der Waals surface area contributed by atoms with Gasteiger partial charge in [-0.1, -0.05) is 24.3 Å². The number of hydrogen-bond acceptors (Lipinski definition) is 2. The molecule has 2 saturated carbocycles. The van der Waals surface area contributed by atoms with E-state index in [9.17, 15) is 0 Å². The first kappa shape index (κ1) is 11.2. The van der Waals surface area contributed by atoms with Crippen LogP contribution >= 0.6 is 0 Å². The van der Waals surface area contributed by atoms with E-state index < -0.39 is 0 Å². The highest BCUT2D eigenvalue weighted by atomic mass is 16.5.